The number of hydrogen-bond donors (Lipinski definition) is 2. The number of hydrogen-bond acceptors (Lipinski definition) is 18. The normalized spacial score (nSPS) is 24.7. The third-order valence-electron chi connectivity index (χ3n) is 18.9. The number of pyridine rings is 2. The van der Waals surface area contributed by atoms with Crippen LogP contribution in [0.25, 0.3) is 43.1 Å². The minimum atomic E-state index is -0.861. The van der Waals surface area contributed by atoms with Crippen molar-refractivity contribution in [3.8, 4) is 11.5 Å². The second kappa shape index (κ2) is 36.8. The van der Waals surface area contributed by atoms with Crippen LogP contribution in [0.3, 0.4) is 0 Å². The van der Waals surface area contributed by atoms with Crippen molar-refractivity contribution in [3.05, 3.63) is 166 Å². The van der Waals surface area contributed by atoms with Crippen molar-refractivity contribution in [1.29, 1.82) is 0 Å². The molecular formula is C92H130N2O16S2. The molecule has 0 aliphatic carbocycles. The lowest BCUT2D eigenvalue weighted by atomic mass is 9.97. The molecule has 12 rings (SSSR count). The van der Waals surface area contributed by atoms with Gasteiger partial charge in [-0.1, -0.05) is 121 Å². The van der Waals surface area contributed by atoms with E-state index in [-0.39, 0.29) is 76.5 Å². The van der Waals surface area contributed by atoms with Gasteiger partial charge in [0.1, 0.15) is 81.9 Å². The van der Waals surface area contributed by atoms with Gasteiger partial charge in [0.15, 0.2) is 6.23 Å². The number of aliphatic hydroxyl groups is 2. The fraction of sp³-hybridized carbons (Fsp3) is 0.587. The van der Waals surface area contributed by atoms with Crippen LogP contribution in [0.15, 0.2) is 146 Å². The zero-order chi connectivity index (χ0) is 82.4. The summed E-state index contributed by atoms with van der Waals surface area (Å²) in [5.41, 5.74) is -0.476. The van der Waals surface area contributed by atoms with Crippen molar-refractivity contribution in [1.82, 2.24) is 9.13 Å². The van der Waals surface area contributed by atoms with Crippen molar-refractivity contribution in [2.45, 2.75) is 310 Å². The van der Waals surface area contributed by atoms with Crippen molar-refractivity contribution < 1.29 is 76.5 Å². The summed E-state index contributed by atoms with van der Waals surface area (Å²) in [6.07, 6.45) is 0.226. The van der Waals surface area contributed by atoms with E-state index in [2.05, 4.69) is 132 Å². The Hall–Kier alpha value is -5.86. The lowest BCUT2D eigenvalue weighted by Gasteiger charge is -2.30. The van der Waals surface area contributed by atoms with Gasteiger partial charge in [0.25, 0.3) is 0 Å². The average molecular weight is 1580 g/mol. The molecule has 4 fully saturated rings. The minimum Gasteiger partial charge on any atom is -0.496 e. The molecule has 18 nitrogen and oxygen atoms in total. The largest absolute Gasteiger partial charge is 0.496 e. The third-order valence-corrected chi connectivity index (χ3v) is 19.7. The molecule has 6 aromatic carbocycles. The van der Waals surface area contributed by atoms with Crippen LogP contribution in [0.5, 0.6) is 11.5 Å². The van der Waals surface area contributed by atoms with E-state index in [0.717, 1.165) is 72.1 Å². The van der Waals surface area contributed by atoms with Gasteiger partial charge in [-0.3, -0.25) is 0 Å². The average Bonchev–Trinajstić information content (AvgIpc) is 1.59. The number of fused-ring (bicyclic) bond motifs is 4. The minimum absolute atomic E-state index is 0.0245. The molecule has 20 heteroatoms. The molecule has 4 saturated heterocycles. The van der Waals surface area contributed by atoms with Crippen molar-refractivity contribution >= 4 is 67.5 Å². The summed E-state index contributed by atoms with van der Waals surface area (Å²) in [6, 6.07) is 44.9. The van der Waals surface area contributed by atoms with Gasteiger partial charge in [0, 0.05) is 47.1 Å². The Morgan fingerprint density at radius 1 is 0.366 bits per heavy atom. The molecule has 2 N–H and O–H groups in total. The van der Waals surface area contributed by atoms with E-state index in [9.17, 15) is 10.2 Å². The summed E-state index contributed by atoms with van der Waals surface area (Å²) in [6.45, 7) is 50.3. The molecule has 0 radical (unpaired) electrons. The first-order chi connectivity index (χ1) is 52.0. The molecule has 0 amide bonds. The second-order valence-electron chi connectivity index (χ2n) is 37.6. The number of ether oxygens (including phenoxy) is 14. The Balaban J connectivity index is 0.000000171. The van der Waals surface area contributed by atoms with Gasteiger partial charge in [0.2, 0.25) is 0 Å². The molecular weight excluding hydrogens is 1450 g/mol. The van der Waals surface area contributed by atoms with Gasteiger partial charge in [-0.05, 0) is 235 Å². The summed E-state index contributed by atoms with van der Waals surface area (Å²) < 4.78 is 91.0. The zero-order valence-corrected chi connectivity index (χ0v) is 73.1. The molecule has 0 bridgehead atoms. The van der Waals surface area contributed by atoms with Crippen molar-refractivity contribution in [2.75, 3.05) is 40.6 Å². The quantitative estimate of drug-likeness (QED) is 0.0774. The van der Waals surface area contributed by atoms with E-state index in [0.29, 0.717) is 36.8 Å². The van der Waals surface area contributed by atoms with Gasteiger partial charge >= 0.3 is 0 Å². The maximum absolute atomic E-state index is 11.2. The Labute approximate surface area is 677 Å². The number of rotatable bonds is 18. The number of aromatic nitrogens is 2. The molecule has 0 spiro atoms. The van der Waals surface area contributed by atoms with Gasteiger partial charge in [0.05, 0.1) is 104 Å². The number of benzene rings is 6. The Morgan fingerprint density at radius 2 is 0.714 bits per heavy atom. The van der Waals surface area contributed by atoms with Gasteiger partial charge in [-0.2, -0.15) is 0 Å². The van der Waals surface area contributed by atoms with Gasteiger partial charge in [-0.25, -0.2) is 0 Å². The van der Waals surface area contributed by atoms with Crippen LogP contribution in [0.4, 0.5) is 0 Å². The van der Waals surface area contributed by atoms with Crippen LogP contribution < -0.4 is 9.47 Å². The van der Waals surface area contributed by atoms with Crippen LogP contribution >= 0.6 is 24.4 Å². The number of methoxy groups -OCH3 is 2. The molecule has 2 aromatic heterocycles. The van der Waals surface area contributed by atoms with Gasteiger partial charge in [-0.15, -0.1) is 0 Å². The SMILES string of the molecule is CC(C)(C)OC[C@H]1O[C@@H](n2ccc3ccccc3c2=S)CC1OC(C)(C)C.CC(C)(C)OC[C@H]1O[C@@H](n2ccc3ccccc3c2=S)[C@@H](O)C1OC(C)(C)C.COc1cc2ccccc2cc1[C@@H]1CC(OC(C)(C)C)[C@H](COC(C)(C)C)O1.COc1cc2ccccc2cc1[C@H]1O[C@@H](COC(C)(C)C)C(OC(C)(C)C)[C@H]1O. The van der Waals surface area contributed by atoms with Crippen LogP contribution in [0.1, 0.15) is 215 Å². The molecule has 4 unspecified atom stereocenters. The number of aliphatic hydroxyl groups excluding tert-OH is 2. The third kappa shape index (κ3) is 25.6. The van der Waals surface area contributed by atoms with E-state index in [1.165, 1.54) is 5.39 Å². The first kappa shape index (κ1) is 90.1. The monoisotopic (exact) mass is 1580 g/mol. The maximum atomic E-state index is 11.2. The van der Waals surface area contributed by atoms with Crippen molar-refractivity contribution in [2.24, 2.45) is 0 Å². The van der Waals surface area contributed by atoms with Crippen LogP contribution in [-0.2, 0) is 56.8 Å². The molecule has 6 heterocycles. The molecule has 8 aromatic rings. The topological polar surface area (TPSA) is 180 Å². The zero-order valence-electron chi connectivity index (χ0n) is 71.5. The summed E-state index contributed by atoms with van der Waals surface area (Å²) in [5.74, 6) is 1.55. The van der Waals surface area contributed by atoms with Crippen LogP contribution in [0, 0.1) is 9.28 Å². The summed E-state index contributed by atoms with van der Waals surface area (Å²) in [5, 5.41) is 31.0. The summed E-state index contributed by atoms with van der Waals surface area (Å²) in [4.78, 5) is 0. The maximum Gasteiger partial charge on any atom is 0.163 e. The highest BCUT2D eigenvalue weighted by Gasteiger charge is 2.50. The Bertz CT molecular complexity index is 4500. The van der Waals surface area contributed by atoms with Crippen LogP contribution in [0.2, 0.25) is 0 Å². The second-order valence-corrected chi connectivity index (χ2v) is 38.4. The molecule has 616 valence electrons. The lowest BCUT2D eigenvalue weighted by Crippen LogP contribution is -2.42. The standard InChI is InChI=1S/C24H34O5.C24H34O4.C22H31NO4S.C22H31NO3S/c1-23(2,3)27-14-19-22(29-24(4,5)6)20(25)21(28-19)17-12-15-10-8-9-11-16(15)13-18(17)26-7;1-23(2,3)26-15-22-21(28-24(4,5)6)14-20(27-22)18-12-16-10-8-9-11-17(16)13-19(18)25-7;1-21(2,3)25-13-16-18(27-22(4,5)6)17(24)19(26-16)23-12-11-14-9-7-8-10-15(14)20(23)28;1-21(2,3)24-14-18-17(26-22(4,5)6)13-19(25-18)23-12-11-15-9-7-8-10-16(15)20(23)27/h8-13,19-22,25H,14H2,1-7H3;8-13,20-22H,14-15H2,1-7H3;7-12,16-19,24H,13H2,1-6H3;7-12,17-19H,13-14H2,1-6H3/t19-,20-,21+,22?;20-,21?,22-;16-,17+,18?,19-;17?,18-,19-/m0011/s1. The Morgan fingerprint density at radius 3 is 1.14 bits per heavy atom. The van der Waals surface area contributed by atoms with Crippen LogP contribution in [-0.4, -0.2) is 166 Å². The molecule has 4 aliphatic rings. The van der Waals surface area contributed by atoms with E-state index in [1.54, 1.807) is 14.2 Å². The highest BCUT2D eigenvalue weighted by molar-refractivity contribution is 7.71. The molecule has 14 atom stereocenters. The predicted octanol–water partition coefficient (Wildman–Crippen LogP) is 20.6. The molecule has 112 heavy (non-hydrogen) atoms. The smallest absolute Gasteiger partial charge is 0.163 e. The van der Waals surface area contributed by atoms with E-state index < -0.39 is 54.1 Å². The first-order valence-corrected chi connectivity index (χ1v) is 40.4. The fourth-order valence-electron chi connectivity index (χ4n) is 14.0. The highest BCUT2D eigenvalue weighted by Crippen LogP contribution is 2.45. The first-order valence-electron chi connectivity index (χ1n) is 39.6. The summed E-state index contributed by atoms with van der Waals surface area (Å²) >= 11 is 11.4. The van der Waals surface area contributed by atoms with E-state index in [1.807, 2.05) is 190 Å². The summed E-state index contributed by atoms with van der Waals surface area (Å²) in [7, 11) is 3.35. The lowest BCUT2D eigenvalue weighted by molar-refractivity contribution is -0.138. The van der Waals surface area contributed by atoms with E-state index in [4.69, 9.17) is 90.8 Å². The predicted molar refractivity (Wildman–Crippen MR) is 452 cm³/mol. The highest BCUT2D eigenvalue weighted by atomic mass is 32.1. The number of nitrogens with zero attached hydrogens (tertiary/aromatic N) is 2. The Kier molecular flexibility index (Phi) is 29.6. The van der Waals surface area contributed by atoms with Gasteiger partial charge < -0.3 is 85.7 Å². The molecule has 0 saturated carbocycles. The van der Waals surface area contributed by atoms with Crippen molar-refractivity contribution in [3.63, 3.8) is 0 Å². The molecule has 4 aliphatic heterocycles. The van der Waals surface area contributed by atoms with E-state index >= 15 is 0 Å². The fourth-order valence-corrected chi connectivity index (χ4v) is 14.7.